The fraction of sp³-hybridized carbons (Fsp3) is 0.286. The maximum absolute atomic E-state index is 12.1. The van der Waals surface area contributed by atoms with Gasteiger partial charge >= 0.3 is 5.97 Å². The maximum Gasteiger partial charge on any atom is 0.338 e. The van der Waals surface area contributed by atoms with Gasteiger partial charge < -0.3 is 10.5 Å². The van der Waals surface area contributed by atoms with Gasteiger partial charge in [-0.05, 0) is 47.5 Å². The van der Waals surface area contributed by atoms with E-state index in [0.717, 1.165) is 21.4 Å². The fourth-order valence-electron chi connectivity index (χ4n) is 1.91. The number of ether oxygens (including phenoxy) is 1. The monoisotopic (exact) mass is 337 g/mol. The van der Waals surface area contributed by atoms with Crippen molar-refractivity contribution in [1.82, 2.24) is 9.78 Å². The fourth-order valence-corrected chi connectivity index (χ4v) is 2.36. The summed E-state index contributed by atoms with van der Waals surface area (Å²) in [6.45, 7) is 3.89. The number of nitrogens with two attached hydrogens (primary N) is 1. The lowest BCUT2D eigenvalue weighted by atomic mass is 10.1. The van der Waals surface area contributed by atoms with Gasteiger partial charge in [0.2, 0.25) is 0 Å². The first-order valence-corrected chi connectivity index (χ1v) is 6.90. The Labute approximate surface area is 125 Å². The molecule has 0 unspecified atom stereocenters. The highest BCUT2D eigenvalue weighted by Gasteiger charge is 2.15. The van der Waals surface area contributed by atoms with Crippen LogP contribution in [0.4, 0.5) is 5.69 Å². The van der Waals surface area contributed by atoms with Gasteiger partial charge in [-0.1, -0.05) is 6.07 Å². The van der Waals surface area contributed by atoms with Crippen molar-refractivity contribution < 1.29 is 9.53 Å². The van der Waals surface area contributed by atoms with Gasteiger partial charge in [-0.2, -0.15) is 5.10 Å². The molecule has 2 rings (SSSR count). The number of anilines is 1. The van der Waals surface area contributed by atoms with Crippen molar-refractivity contribution >= 4 is 27.6 Å². The highest BCUT2D eigenvalue weighted by Crippen LogP contribution is 2.22. The molecule has 2 N–H and O–H groups in total. The van der Waals surface area contributed by atoms with Crippen LogP contribution >= 0.6 is 15.9 Å². The molecule has 1 aromatic carbocycles. The van der Waals surface area contributed by atoms with Crippen molar-refractivity contribution in [3.8, 4) is 0 Å². The van der Waals surface area contributed by atoms with Crippen LogP contribution in [0.5, 0.6) is 0 Å². The lowest BCUT2D eigenvalue weighted by Crippen LogP contribution is -2.10. The van der Waals surface area contributed by atoms with Crippen molar-refractivity contribution in [2.75, 3.05) is 5.73 Å². The summed E-state index contributed by atoms with van der Waals surface area (Å²) in [6, 6.07) is 5.18. The third kappa shape index (κ3) is 2.85. The minimum absolute atomic E-state index is 0.158. The smallest absolute Gasteiger partial charge is 0.338 e. The summed E-state index contributed by atoms with van der Waals surface area (Å²) in [6.07, 6.45) is 0. The molecule has 0 saturated carbocycles. The first-order valence-electron chi connectivity index (χ1n) is 6.11. The van der Waals surface area contributed by atoms with Crippen LogP contribution < -0.4 is 5.73 Å². The zero-order valence-corrected chi connectivity index (χ0v) is 13.2. The van der Waals surface area contributed by atoms with Gasteiger partial charge in [0.25, 0.3) is 0 Å². The first-order chi connectivity index (χ1) is 9.40. The highest BCUT2D eigenvalue weighted by atomic mass is 79.9. The number of aromatic nitrogens is 2. The zero-order valence-electron chi connectivity index (χ0n) is 11.6. The Balaban J connectivity index is 2.15. The van der Waals surface area contributed by atoms with E-state index in [1.165, 1.54) is 0 Å². The molecular formula is C14H16BrN3O2. The van der Waals surface area contributed by atoms with E-state index in [1.54, 1.807) is 22.9 Å². The van der Waals surface area contributed by atoms with Crippen molar-refractivity contribution in [1.29, 1.82) is 0 Å². The average Bonchev–Trinajstić information content (AvgIpc) is 2.64. The maximum atomic E-state index is 12.1. The number of carbonyl (C=O) groups excluding carboxylic acids is 1. The molecular weight excluding hydrogens is 322 g/mol. The molecule has 6 heteroatoms. The van der Waals surface area contributed by atoms with Crippen molar-refractivity contribution in [2.45, 2.75) is 20.5 Å². The molecule has 0 aliphatic heterocycles. The molecule has 0 atom stereocenters. The van der Waals surface area contributed by atoms with Crippen LogP contribution in [0.1, 0.15) is 27.3 Å². The Morgan fingerprint density at radius 3 is 2.75 bits per heavy atom. The largest absolute Gasteiger partial charge is 0.456 e. The standard InChI is InChI=1S/C14H16BrN3O2/c1-8-4-5-10(16)6-11(8)14(19)20-7-12-13(15)9(2)17-18(12)3/h4-6H,7,16H2,1-3H3. The predicted molar refractivity (Wildman–Crippen MR) is 80.4 cm³/mol. The van der Waals surface area contributed by atoms with E-state index in [1.807, 2.05) is 20.9 Å². The number of hydrogen-bond donors (Lipinski definition) is 1. The summed E-state index contributed by atoms with van der Waals surface area (Å²) in [5, 5.41) is 4.25. The molecule has 0 aliphatic rings. The Morgan fingerprint density at radius 1 is 1.45 bits per heavy atom. The Hall–Kier alpha value is -1.82. The second kappa shape index (κ2) is 5.66. The lowest BCUT2D eigenvalue weighted by molar-refractivity contribution is 0.0462. The normalized spacial score (nSPS) is 10.6. The second-order valence-electron chi connectivity index (χ2n) is 4.62. The summed E-state index contributed by atoms with van der Waals surface area (Å²) in [4.78, 5) is 12.1. The van der Waals surface area contributed by atoms with Gasteiger partial charge in [-0.3, -0.25) is 4.68 Å². The number of benzene rings is 1. The van der Waals surface area contributed by atoms with Gasteiger partial charge in [0.05, 0.1) is 21.4 Å². The average molecular weight is 338 g/mol. The SMILES string of the molecule is Cc1ccc(N)cc1C(=O)OCc1c(Br)c(C)nn1C. The Bertz CT molecular complexity index is 665. The van der Waals surface area contributed by atoms with Crippen molar-refractivity contribution in [2.24, 2.45) is 7.05 Å². The Morgan fingerprint density at radius 2 is 2.15 bits per heavy atom. The molecule has 0 bridgehead atoms. The minimum Gasteiger partial charge on any atom is -0.456 e. The van der Waals surface area contributed by atoms with Crippen LogP contribution in [0, 0.1) is 13.8 Å². The molecule has 1 aromatic heterocycles. The van der Waals surface area contributed by atoms with Gasteiger partial charge in [0.1, 0.15) is 6.61 Å². The van der Waals surface area contributed by atoms with Gasteiger partial charge in [0.15, 0.2) is 0 Å². The second-order valence-corrected chi connectivity index (χ2v) is 5.41. The summed E-state index contributed by atoms with van der Waals surface area (Å²) in [5.41, 5.74) is 9.24. The molecule has 5 nitrogen and oxygen atoms in total. The number of hydrogen-bond acceptors (Lipinski definition) is 4. The van der Waals surface area contributed by atoms with Gasteiger partial charge in [-0.15, -0.1) is 0 Å². The van der Waals surface area contributed by atoms with E-state index in [0.29, 0.717) is 11.3 Å². The molecule has 20 heavy (non-hydrogen) atoms. The van der Waals surface area contributed by atoms with Crippen LogP contribution in [0.25, 0.3) is 0 Å². The highest BCUT2D eigenvalue weighted by molar-refractivity contribution is 9.10. The van der Waals surface area contributed by atoms with Crippen LogP contribution in [0.3, 0.4) is 0 Å². The molecule has 0 spiro atoms. The van der Waals surface area contributed by atoms with E-state index in [2.05, 4.69) is 21.0 Å². The molecule has 0 fully saturated rings. The van der Waals surface area contributed by atoms with Crippen molar-refractivity contribution in [3.05, 3.63) is 45.2 Å². The van der Waals surface area contributed by atoms with Gasteiger partial charge in [0, 0.05) is 12.7 Å². The van der Waals surface area contributed by atoms with E-state index in [9.17, 15) is 4.79 Å². The van der Waals surface area contributed by atoms with E-state index in [4.69, 9.17) is 10.5 Å². The zero-order chi connectivity index (χ0) is 14.9. The number of esters is 1. The number of halogens is 1. The number of carbonyl (C=O) groups is 1. The van der Waals surface area contributed by atoms with Crippen LogP contribution in [0.15, 0.2) is 22.7 Å². The third-order valence-electron chi connectivity index (χ3n) is 3.08. The topological polar surface area (TPSA) is 70.1 Å². The van der Waals surface area contributed by atoms with E-state index in [-0.39, 0.29) is 12.6 Å². The number of nitrogen functional groups attached to an aromatic ring is 1. The quantitative estimate of drug-likeness (QED) is 0.690. The predicted octanol–water partition coefficient (Wildman–Crippen LogP) is 2.74. The molecule has 2 aromatic rings. The number of nitrogens with zero attached hydrogens (tertiary/aromatic N) is 2. The van der Waals surface area contributed by atoms with Crippen LogP contribution in [-0.2, 0) is 18.4 Å². The molecule has 0 amide bonds. The van der Waals surface area contributed by atoms with Crippen molar-refractivity contribution in [3.63, 3.8) is 0 Å². The van der Waals surface area contributed by atoms with Gasteiger partial charge in [-0.25, -0.2) is 4.79 Å². The van der Waals surface area contributed by atoms with E-state index < -0.39 is 0 Å². The number of aryl methyl sites for hydroxylation is 3. The minimum atomic E-state index is -0.388. The Kier molecular flexibility index (Phi) is 4.13. The summed E-state index contributed by atoms with van der Waals surface area (Å²) in [5.74, 6) is -0.388. The number of rotatable bonds is 3. The molecule has 0 saturated heterocycles. The molecule has 1 heterocycles. The first kappa shape index (κ1) is 14.6. The lowest BCUT2D eigenvalue weighted by Gasteiger charge is -2.08. The molecule has 106 valence electrons. The molecule has 0 radical (unpaired) electrons. The van der Waals surface area contributed by atoms with Crippen LogP contribution in [0.2, 0.25) is 0 Å². The van der Waals surface area contributed by atoms with E-state index >= 15 is 0 Å². The summed E-state index contributed by atoms with van der Waals surface area (Å²) >= 11 is 3.44. The summed E-state index contributed by atoms with van der Waals surface area (Å²) in [7, 11) is 1.81. The molecule has 0 aliphatic carbocycles. The third-order valence-corrected chi connectivity index (χ3v) is 4.11. The summed E-state index contributed by atoms with van der Waals surface area (Å²) < 4.78 is 7.89. The van der Waals surface area contributed by atoms with Crippen LogP contribution in [-0.4, -0.2) is 15.7 Å².